The molecular formula is C14H16N4O2. The molecule has 2 aromatic rings. The first-order chi connectivity index (χ1) is 9.78. The van der Waals surface area contributed by atoms with E-state index in [0.717, 1.165) is 11.3 Å². The van der Waals surface area contributed by atoms with Crippen molar-refractivity contribution >= 4 is 5.91 Å². The Morgan fingerprint density at radius 3 is 2.70 bits per heavy atom. The van der Waals surface area contributed by atoms with Gasteiger partial charge in [0.1, 0.15) is 0 Å². The highest BCUT2D eigenvalue weighted by Crippen LogP contribution is 2.04. The molecule has 0 unspecified atom stereocenters. The Balaban J connectivity index is 1.74. The predicted molar refractivity (Wildman–Crippen MR) is 73.0 cm³/mol. The van der Waals surface area contributed by atoms with Gasteiger partial charge in [-0.25, -0.2) is 9.97 Å². The van der Waals surface area contributed by atoms with Crippen LogP contribution in [0.15, 0.2) is 36.8 Å². The number of amides is 1. The molecule has 0 aliphatic carbocycles. The molecule has 6 heteroatoms. The molecule has 0 saturated carbocycles. The lowest BCUT2D eigenvalue weighted by Crippen LogP contribution is -2.23. The summed E-state index contributed by atoms with van der Waals surface area (Å²) in [4.78, 5) is 23.8. The van der Waals surface area contributed by atoms with Gasteiger partial charge in [0.2, 0.25) is 5.91 Å². The Bertz CT molecular complexity index is 543. The van der Waals surface area contributed by atoms with Gasteiger partial charge in [-0.3, -0.25) is 9.78 Å². The third-order valence-corrected chi connectivity index (χ3v) is 2.70. The van der Waals surface area contributed by atoms with Crippen LogP contribution in [0.2, 0.25) is 0 Å². The molecule has 1 N–H and O–H groups in total. The summed E-state index contributed by atoms with van der Waals surface area (Å²) >= 11 is 0. The standard InChI is InChI=1S/C14H16N4O2/c1-20-14-17-8-11(9-18-14)5-6-13(19)16-10-12-4-2-3-7-15-12/h2-4,7-9H,5-6,10H2,1H3,(H,16,19). The maximum absolute atomic E-state index is 11.7. The zero-order chi connectivity index (χ0) is 14.2. The lowest BCUT2D eigenvalue weighted by atomic mass is 10.2. The van der Waals surface area contributed by atoms with Crippen molar-refractivity contribution in [3.05, 3.63) is 48.0 Å². The first-order valence-corrected chi connectivity index (χ1v) is 6.29. The van der Waals surface area contributed by atoms with Crippen molar-refractivity contribution in [1.29, 1.82) is 0 Å². The van der Waals surface area contributed by atoms with Gasteiger partial charge < -0.3 is 10.1 Å². The number of carbonyl (C=O) groups is 1. The summed E-state index contributed by atoms with van der Waals surface area (Å²) in [6, 6.07) is 5.93. The largest absolute Gasteiger partial charge is 0.467 e. The number of hydrogen-bond acceptors (Lipinski definition) is 5. The number of ether oxygens (including phenoxy) is 1. The Morgan fingerprint density at radius 2 is 2.05 bits per heavy atom. The molecule has 2 heterocycles. The van der Waals surface area contributed by atoms with Crippen molar-refractivity contribution in [3.63, 3.8) is 0 Å². The number of pyridine rings is 1. The predicted octanol–water partition coefficient (Wildman–Crippen LogP) is 1.13. The molecule has 0 spiro atoms. The number of nitrogens with one attached hydrogen (secondary N) is 1. The average Bonchev–Trinajstić information content (AvgIpc) is 2.52. The van der Waals surface area contributed by atoms with Crippen LogP contribution >= 0.6 is 0 Å². The van der Waals surface area contributed by atoms with Crippen molar-refractivity contribution in [3.8, 4) is 6.01 Å². The number of carbonyl (C=O) groups excluding carboxylic acids is 1. The molecule has 0 aromatic carbocycles. The smallest absolute Gasteiger partial charge is 0.316 e. The molecule has 0 radical (unpaired) electrons. The Hall–Kier alpha value is -2.50. The second-order valence-electron chi connectivity index (χ2n) is 4.18. The van der Waals surface area contributed by atoms with E-state index < -0.39 is 0 Å². The van der Waals surface area contributed by atoms with Gasteiger partial charge in [-0.2, -0.15) is 0 Å². The molecule has 1 amide bonds. The van der Waals surface area contributed by atoms with E-state index in [1.165, 1.54) is 7.11 Å². The van der Waals surface area contributed by atoms with E-state index in [9.17, 15) is 4.79 Å². The molecule has 0 bridgehead atoms. The topological polar surface area (TPSA) is 77.0 Å². The maximum Gasteiger partial charge on any atom is 0.316 e. The van der Waals surface area contributed by atoms with Crippen LogP contribution in [0.25, 0.3) is 0 Å². The third kappa shape index (κ3) is 4.31. The number of methoxy groups -OCH3 is 1. The number of aryl methyl sites for hydroxylation is 1. The van der Waals surface area contributed by atoms with E-state index in [1.807, 2.05) is 18.2 Å². The average molecular weight is 272 g/mol. The molecule has 2 aromatic heterocycles. The van der Waals surface area contributed by atoms with Crippen LogP contribution in [0.1, 0.15) is 17.7 Å². The highest BCUT2D eigenvalue weighted by Gasteiger charge is 2.04. The van der Waals surface area contributed by atoms with Gasteiger partial charge in [-0.05, 0) is 24.1 Å². The molecule has 104 valence electrons. The zero-order valence-corrected chi connectivity index (χ0v) is 11.2. The van der Waals surface area contributed by atoms with Gasteiger partial charge in [0, 0.05) is 25.0 Å². The van der Waals surface area contributed by atoms with Crippen LogP contribution in [0.4, 0.5) is 0 Å². The quantitative estimate of drug-likeness (QED) is 0.853. The van der Waals surface area contributed by atoms with E-state index >= 15 is 0 Å². The van der Waals surface area contributed by atoms with Crippen LogP contribution in [0, 0.1) is 0 Å². The number of nitrogens with zero attached hydrogens (tertiary/aromatic N) is 3. The van der Waals surface area contributed by atoms with E-state index in [-0.39, 0.29) is 5.91 Å². The fourth-order valence-electron chi connectivity index (χ4n) is 1.62. The van der Waals surface area contributed by atoms with Gasteiger partial charge in [-0.1, -0.05) is 6.07 Å². The maximum atomic E-state index is 11.7. The normalized spacial score (nSPS) is 10.1. The molecule has 6 nitrogen and oxygen atoms in total. The van der Waals surface area contributed by atoms with Crippen molar-refractivity contribution < 1.29 is 9.53 Å². The highest BCUT2D eigenvalue weighted by molar-refractivity contribution is 5.76. The van der Waals surface area contributed by atoms with Gasteiger partial charge in [0.25, 0.3) is 0 Å². The van der Waals surface area contributed by atoms with Gasteiger partial charge in [0.15, 0.2) is 0 Å². The van der Waals surface area contributed by atoms with E-state index in [4.69, 9.17) is 4.74 Å². The minimum atomic E-state index is -0.0218. The van der Waals surface area contributed by atoms with E-state index in [1.54, 1.807) is 18.6 Å². The molecule has 20 heavy (non-hydrogen) atoms. The molecule has 0 atom stereocenters. The minimum Gasteiger partial charge on any atom is -0.467 e. The Morgan fingerprint density at radius 1 is 1.25 bits per heavy atom. The first kappa shape index (κ1) is 13.9. The summed E-state index contributed by atoms with van der Waals surface area (Å²) in [5.74, 6) is -0.0218. The summed E-state index contributed by atoms with van der Waals surface area (Å²) in [7, 11) is 1.51. The fourth-order valence-corrected chi connectivity index (χ4v) is 1.62. The Labute approximate surface area is 117 Å². The minimum absolute atomic E-state index is 0.0218. The van der Waals surface area contributed by atoms with Crippen LogP contribution in [0.5, 0.6) is 6.01 Å². The van der Waals surface area contributed by atoms with Gasteiger partial charge >= 0.3 is 6.01 Å². The highest BCUT2D eigenvalue weighted by atomic mass is 16.5. The van der Waals surface area contributed by atoms with Crippen molar-refractivity contribution in [2.45, 2.75) is 19.4 Å². The molecule has 0 fully saturated rings. The van der Waals surface area contributed by atoms with Crippen molar-refractivity contribution in [2.75, 3.05) is 7.11 Å². The number of rotatable bonds is 6. The summed E-state index contributed by atoms with van der Waals surface area (Å²) in [6.45, 7) is 0.443. The second-order valence-corrected chi connectivity index (χ2v) is 4.18. The Kier molecular flexibility index (Phi) is 5.00. The van der Waals surface area contributed by atoms with Gasteiger partial charge in [0.05, 0.1) is 19.3 Å². The molecule has 0 saturated heterocycles. The zero-order valence-electron chi connectivity index (χ0n) is 11.2. The van der Waals surface area contributed by atoms with Crippen LogP contribution < -0.4 is 10.1 Å². The van der Waals surface area contributed by atoms with Crippen molar-refractivity contribution in [2.24, 2.45) is 0 Å². The number of hydrogen-bond donors (Lipinski definition) is 1. The second kappa shape index (κ2) is 7.18. The van der Waals surface area contributed by atoms with Crippen LogP contribution in [0.3, 0.4) is 0 Å². The first-order valence-electron chi connectivity index (χ1n) is 6.29. The van der Waals surface area contributed by atoms with Crippen LogP contribution in [-0.4, -0.2) is 28.0 Å². The van der Waals surface area contributed by atoms with Crippen molar-refractivity contribution in [1.82, 2.24) is 20.3 Å². The summed E-state index contributed by atoms with van der Waals surface area (Å²) in [6.07, 6.45) is 6.02. The molecular weight excluding hydrogens is 256 g/mol. The van der Waals surface area contributed by atoms with Gasteiger partial charge in [-0.15, -0.1) is 0 Å². The van der Waals surface area contributed by atoms with E-state index in [2.05, 4.69) is 20.3 Å². The summed E-state index contributed by atoms with van der Waals surface area (Å²) in [5, 5.41) is 2.82. The molecule has 0 aliphatic heterocycles. The molecule has 2 rings (SSSR count). The summed E-state index contributed by atoms with van der Waals surface area (Å²) < 4.78 is 4.87. The summed E-state index contributed by atoms with van der Waals surface area (Å²) in [5.41, 5.74) is 1.74. The SMILES string of the molecule is COc1ncc(CCC(=O)NCc2ccccn2)cn1. The lowest BCUT2D eigenvalue weighted by molar-refractivity contribution is -0.121. The van der Waals surface area contributed by atoms with Crippen LogP contribution in [-0.2, 0) is 17.8 Å². The lowest BCUT2D eigenvalue weighted by Gasteiger charge is -2.05. The fraction of sp³-hybridized carbons (Fsp3) is 0.286. The molecule has 0 aliphatic rings. The van der Waals surface area contributed by atoms with E-state index in [0.29, 0.717) is 25.4 Å². The number of aromatic nitrogens is 3. The third-order valence-electron chi connectivity index (χ3n) is 2.70. The monoisotopic (exact) mass is 272 g/mol.